The van der Waals surface area contributed by atoms with Crippen molar-refractivity contribution in [1.82, 2.24) is 5.32 Å². The van der Waals surface area contributed by atoms with Gasteiger partial charge in [0.1, 0.15) is 11.1 Å². The zero-order chi connectivity index (χ0) is 22.3. The average molecular weight is 441 g/mol. The van der Waals surface area contributed by atoms with Crippen LogP contribution in [0, 0.1) is 0 Å². The maximum atomic E-state index is 12.6. The second-order valence-corrected chi connectivity index (χ2v) is 7.86. The minimum Gasteiger partial charge on any atom is -0.422 e. The number of nitrogens with zero attached hydrogens (tertiary/aromatic N) is 4. The first-order valence-electron chi connectivity index (χ1n) is 11.0. The van der Waals surface area contributed by atoms with E-state index >= 15 is 0 Å². The molecule has 0 atom stereocenters. The second-order valence-electron chi connectivity index (χ2n) is 7.86. The van der Waals surface area contributed by atoms with Gasteiger partial charge in [0.2, 0.25) is 0 Å². The number of carbonyl (C=O) groups excluding carboxylic acids is 1. The van der Waals surface area contributed by atoms with Crippen molar-refractivity contribution in [3.8, 4) is 0 Å². The molecule has 0 bridgehead atoms. The van der Waals surface area contributed by atoms with Gasteiger partial charge in [-0.3, -0.25) is 4.79 Å². The molecule has 1 amide bonds. The number of anilines is 1. The van der Waals surface area contributed by atoms with Crippen molar-refractivity contribution in [1.29, 1.82) is 0 Å². The molecule has 1 N–H and O–H groups in total. The van der Waals surface area contributed by atoms with Gasteiger partial charge >= 0.3 is 5.63 Å². The van der Waals surface area contributed by atoms with Crippen LogP contribution in [-0.4, -0.2) is 58.5 Å². The summed E-state index contributed by atoms with van der Waals surface area (Å²) < 4.78 is 16.3. The first kappa shape index (κ1) is 22.1. The molecule has 10 heteroatoms. The van der Waals surface area contributed by atoms with Crippen LogP contribution < -0.4 is 15.8 Å². The standard InChI is InChI=1S/C22H27N5O5/c23-26-25-6-10-31-12-11-30-9-5-24-21(28)18-14-16-13-15-3-1-7-27-8-2-4-17(19(15)27)20(16)32-22(18)29/h13-14H,1-12H2,(H,24,28). The van der Waals surface area contributed by atoms with Gasteiger partial charge in [-0.05, 0) is 48.9 Å². The smallest absolute Gasteiger partial charge is 0.349 e. The number of azide groups is 1. The van der Waals surface area contributed by atoms with E-state index in [1.54, 1.807) is 6.07 Å². The lowest BCUT2D eigenvalue weighted by Gasteiger charge is -2.37. The monoisotopic (exact) mass is 441 g/mol. The predicted octanol–water partition coefficient (Wildman–Crippen LogP) is 2.57. The minimum atomic E-state index is -0.617. The van der Waals surface area contributed by atoms with E-state index in [1.165, 1.54) is 11.3 Å². The summed E-state index contributed by atoms with van der Waals surface area (Å²) in [7, 11) is 0. The molecule has 0 spiro atoms. The van der Waals surface area contributed by atoms with E-state index in [-0.39, 0.29) is 25.3 Å². The Morgan fingerprint density at radius 3 is 2.75 bits per heavy atom. The molecule has 3 heterocycles. The molecule has 32 heavy (non-hydrogen) atoms. The van der Waals surface area contributed by atoms with Gasteiger partial charge in [-0.15, -0.1) is 0 Å². The molecule has 1 aromatic carbocycles. The number of hydrogen-bond donors (Lipinski definition) is 1. The van der Waals surface area contributed by atoms with E-state index in [9.17, 15) is 9.59 Å². The third kappa shape index (κ3) is 4.88. The lowest BCUT2D eigenvalue weighted by molar-refractivity contribution is 0.0511. The predicted molar refractivity (Wildman–Crippen MR) is 119 cm³/mol. The molecular weight excluding hydrogens is 414 g/mol. The summed E-state index contributed by atoms with van der Waals surface area (Å²) in [6, 6.07) is 3.72. The summed E-state index contributed by atoms with van der Waals surface area (Å²) in [5.41, 5.74) is 11.8. The Labute approximate surface area is 185 Å². The summed E-state index contributed by atoms with van der Waals surface area (Å²) in [5, 5.41) is 6.87. The third-order valence-electron chi connectivity index (χ3n) is 5.76. The molecular formula is C22H27N5O5. The van der Waals surface area contributed by atoms with Crippen LogP contribution in [0.25, 0.3) is 21.4 Å². The first-order valence-corrected chi connectivity index (χ1v) is 11.0. The average Bonchev–Trinajstić information content (AvgIpc) is 2.80. The van der Waals surface area contributed by atoms with E-state index in [1.807, 2.05) is 0 Å². The molecule has 0 unspecified atom stereocenters. The van der Waals surface area contributed by atoms with Crippen LogP contribution >= 0.6 is 0 Å². The number of hydrogen-bond acceptors (Lipinski definition) is 7. The summed E-state index contributed by atoms with van der Waals surface area (Å²) in [4.78, 5) is 30.2. The van der Waals surface area contributed by atoms with Crippen molar-refractivity contribution in [3.05, 3.63) is 49.7 Å². The number of nitrogens with one attached hydrogen (secondary N) is 1. The summed E-state index contributed by atoms with van der Waals surface area (Å²) >= 11 is 0. The SMILES string of the molecule is [N-]=[N+]=NCCOCCOCCNC(=O)c1cc2cc3c4c(c2oc1=O)CCCN4CCC3. The van der Waals surface area contributed by atoms with Crippen LogP contribution in [0.15, 0.2) is 26.5 Å². The van der Waals surface area contributed by atoms with Crippen molar-refractivity contribution in [3.63, 3.8) is 0 Å². The molecule has 0 aliphatic carbocycles. The van der Waals surface area contributed by atoms with Crippen molar-refractivity contribution >= 4 is 22.6 Å². The maximum Gasteiger partial charge on any atom is 0.349 e. The van der Waals surface area contributed by atoms with E-state index in [0.29, 0.717) is 25.4 Å². The molecule has 2 aromatic rings. The fourth-order valence-corrected chi connectivity index (χ4v) is 4.41. The Balaban J connectivity index is 1.36. The van der Waals surface area contributed by atoms with Gasteiger partial charge in [0.15, 0.2) is 0 Å². The van der Waals surface area contributed by atoms with E-state index in [4.69, 9.17) is 19.4 Å². The highest BCUT2D eigenvalue weighted by Gasteiger charge is 2.27. The van der Waals surface area contributed by atoms with Gasteiger partial charge < -0.3 is 24.1 Å². The Bertz CT molecular complexity index is 1090. The second kappa shape index (κ2) is 10.5. The van der Waals surface area contributed by atoms with Crippen molar-refractivity contribution in [2.24, 2.45) is 5.11 Å². The number of aryl methyl sites for hydroxylation is 2. The van der Waals surface area contributed by atoms with E-state index in [2.05, 4.69) is 26.3 Å². The largest absolute Gasteiger partial charge is 0.422 e. The lowest BCUT2D eigenvalue weighted by atomic mass is 9.90. The highest BCUT2D eigenvalue weighted by Crippen LogP contribution is 2.39. The normalized spacial score (nSPS) is 14.7. The fraction of sp³-hybridized carbons (Fsp3) is 0.545. The summed E-state index contributed by atoms with van der Waals surface area (Å²) in [6.45, 7) is 3.98. The van der Waals surface area contributed by atoms with Crippen molar-refractivity contribution in [2.75, 3.05) is 57.5 Å². The van der Waals surface area contributed by atoms with Gasteiger partial charge in [-0.1, -0.05) is 5.11 Å². The van der Waals surface area contributed by atoms with Gasteiger partial charge in [0.25, 0.3) is 5.91 Å². The Morgan fingerprint density at radius 2 is 1.94 bits per heavy atom. The molecule has 170 valence electrons. The van der Waals surface area contributed by atoms with E-state index < -0.39 is 11.5 Å². The quantitative estimate of drug-likeness (QED) is 0.198. The van der Waals surface area contributed by atoms with Crippen LogP contribution in [0.2, 0.25) is 0 Å². The Morgan fingerprint density at radius 1 is 1.16 bits per heavy atom. The number of carbonyl (C=O) groups is 1. The van der Waals surface area contributed by atoms with Gasteiger partial charge in [-0.2, -0.15) is 0 Å². The zero-order valence-electron chi connectivity index (χ0n) is 18.0. The highest BCUT2D eigenvalue weighted by atomic mass is 16.5. The Kier molecular flexibility index (Phi) is 7.26. The molecule has 0 fully saturated rings. The van der Waals surface area contributed by atoms with Crippen molar-refractivity contribution < 1.29 is 18.7 Å². The Hall–Kier alpha value is -3.07. The molecule has 0 radical (unpaired) electrons. The summed E-state index contributed by atoms with van der Waals surface area (Å²) in [6.07, 6.45) is 4.04. The molecule has 0 saturated carbocycles. The van der Waals surface area contributed by atoms with Crippen molar-refractivity contribution in [2.45, 2.75) is 25.7 Å². The van der Waals surface area contributed by atoms with Crippen LogP contribution in [0.5, 0.6) is 0 Å². The first-order chi connectivity index (χ1) is 15.7. The molecule has 2 aliphatic heterocycles. The van der Waals surface area contributed by atoms with Gasteiger partial charge in [0.05, 0.1) is 26.4 Å². The molecule has 10 nitrogen and oxygen atoms in total. The fourth-order valence-electron chi connectivity index (χ4n) is 4.41. The lowest BCUT2D eigenvalue weighted by Crippen LogP contribution is -2.35. The number of rotatable bonds is 10. The summed E-state index contributed by atoms with van der Waals surface area (Å²) in [5.74, 6) is -0.470. The number of benzene rings is 1. The number of amides is 1. The highest BCUT2D eigenvalue weighted by molar-refractivity contribution is 5.98. The van der Waals surface area contributed by atoms with Crippen LogP contribution in [0.4, 0.5) is 5.69 Å². The van der Waals surface area contributed by atoms with E-state index in [0.717, 1.165) is 49.7 Å². The van der Waals surface area contributed by atoms with Crippen LogP contribution in [0.1, 0.15) is 34.3 Å². The minimum absolute atomic E-state index is 0.00880. The topological polar surface area (TPSA) is 130 Å². The van der Waals surface area contributed by atoms with Gasteiger partial charge in [-0.25, -0.2) is 4.79 Å². The third-order valence-corrected chi connectivity index (χ3v) is 5.76. The van der Waals surface area contributed by atoms with Gasteiger partial charge in [0, 0.05) is 47.7 Å². The molecule has 0 saturated heterocycles. The van der Waals surface area contributed by atoms with Crippen LogP contribution in [0.3, 0.4) is 0 Å². The molecule has 4 rings (SSSR count). The number of fused-ring (bicyclic) bond motifs is 2. The molecule has 2 aliphatic rings. The zero-order valence-corrected chi connectivity index (χ0v) is 18.0. The van der Waals surface area contributed by atoms with Crippen LogP contribution in [-0.2, 0) is 22.3 Å². The maximum absolute atomic E-state index is 12.6. The number of ether oxygens (including phenoxy) is 2. The molecule has 1 aromatic heterocycles.